The first-order valence-corrected chi connectivity index (χ1v) is 8.27. The SMILES string of the molecule is CC(=O)c1cccc(S(=O)(=O)NC(C(N)=O)c2ccccc2)c1. The van der Waals surface area contributed by atoms with Crippen LogP contribution in [0.2, 0.25) is 0 Å². The molecule has 2 aromatic carbocycles. The number of rotatable bonds is 6. The summed E-state index contributed by atoms with van der Waals surface area (Å²) in [6.07, 6.45) is 0. The predicted molar refractivity (Wildman–Crippen MR) is 85.1 cm³/mol. The van der Waals surface area contributed by atoms with E-state index >= 15 is 0 Å². The summed E-state index contributed by atoms with van der Waals surface area (Å²) in [7, 11) is -4.01. The minimum atomic E-state index is -4.01. The molecule has 0 bridgehead atoms. The molecule has 0 aliphatic heterocycles. The first kappa shape index (κ1) is 16.9. The molecule has 0 heterocycles. The smallest absolute Gasteiger partial charge is 0.241 e. The Labute approximate surface area is 134 Å². The van der Waals surface area contributed by atoms with E-state index in [0.29, 0.717) is 5.56 Å². The van der Waals surface area contributed by atoms with Crippen molar-refractivity contribution in [1.29, 1.82) is 0 Å². The first-order valence-electron chi connectivity index (χ1n) is 6.79. The number of hydrogen-bond acceptors (Lipinski definition) is 4. The van der Waals surface area contributed by atoms with Crippen molar-refractivity contribution in [3.8, 4) is 0 Å². The number of Topliss-reactive ketones (excluding diaryl/α,β-unsaturated/α-hetero) is 1. The Hall–Kier alpha value is -2.51. The zero-order chi connectivity index (χ0) is 17.0. The van der Waals surface area contributed by atoms with Crippen molar-refractivity contribution in [3.05, 3.63) is 65.7 Å². The van der Waals surface area contributed by atoms with Gasteiger partial charge in [-0.25, -0.2) is 8.42 Å². The molecule has 120 valence electrons. The van der Waals surface area contributed by atoms with Gasteiger partial charge in [-0.3, -0.25) is 9.59 Å². The van der Waals surface area contributed by atoms with Crippen molar-refractivity contribution >= 4 is 21.7 Å². The standard InChI is InChI=1S/C16H16N2O4S/c1-11(19)13-8-5-9-14(10-13)23(21,22)18-15(16(17)20)12-6-3-2-4-7-12/h2-10,15,18H,1H3,(H2,17,20). The van der Waals surface area contributed by atoms with Crippen LogP contribution in [0.4, 0.5) is 0 Å². The van der Waals surface area contributed by atoms with Crippen LogP contribution in [0.25, 0.3) is 0 Å². The average molecular weight is 332 g/mol. The van der Waals surface area contributed by atoms with Crippen molar-refractivity contribution in [1.82, 2.24) is 4.72 Å². The number of nitrogens with two attached hydrogens (primary N) is 1. The molecule has 2 aromatic rings. The van der Waals surface area contributed by atoms with Crippen molar-refractivity contribution in [2.45, 2.75) is 17.9 Å². The van der Waals surface area contributed by atoms with E-state index in [1.165, 1.54) is 31.2 Å². The summed E-state index contributed by atoms with van der Waals surface area (Å²) in [5, 5.41) is 0. The van der Waals surface area contributed by atoms with Gasteiger partial charge in [0.05, 0.1) is 4.90 Å². The summed E-state index contributed by atoms with van der Waals surface area (Å²) in [4.78, 5) is 22.9. The van der Waals surface area contributed by atoms with Crippen LogP contribution in [0.3, 0.4) is 0 Å². The maximum absolute atomic E-state index is 12.5. The Morgan fingerprint density at radius 2 is 1.70 bits per heavy atom. The van der Waals surface area contributed by atoms with Crippen molar-refractivity contribution in [3.63, 3.8) is 0 Å². The number of benzene rings is 2. The molecule has 1 unspecified atom stereocenters. The van der Waals surface area contributed by atoms with E-state index in [1.54, 1.807) is 30.3 Å². The lowest BCUT2D eigenvalue weighted by Crippen LogP contribution is -2.37. The fourth-order valence-electron chi connectivity index (χ4n) is 2.04. The molecule has 6 nitrogen and oxygen atoms in total. The Morgan fingerprint density at radius 3 is 2.26 bits per heavy atom. The lowest BCUT2D eigenvalue weighted by atomic mass is 10.1. The van der Waals surface area contributed by atoms with E-state index in [-0.39, 0.29) is 16.2 Å². The number of sulfonamides is 1. The topological polar surface area (TPSA) is 106 Å². The van der Waals surface area contributed by atoms with Crippen LogP contribution in [0.1, 0.15) is 28.9 Å². The molecule has 0 radical (unpaired) electrons. The highest BCUT2D eigenvalue weighted by molar-refractivity contribution is 7.89. The van der Waals surface area contributed by atoms with Crippen LogP contribution in [0.5, 0.6) is 0 Å². The molecular formula is C16H16N2O4S. The van der Waals surface area contributed by atoms with Crippen LogP contribution < -0.4 is 10.5 Å². The van der Waals surface area contributed by atoms with Gasteiger partial charge in [0.25, 0.3) is 0 Å². The summed E-state index contributed by atoms with van der Waals surface area (Å²) < 4.78 is 27.2. The molecule has 3 N–H and O–H groups in total. The molecule has 0 spiro atoms. The maximum atomic E-state index is 12.5. The lowest BCUT2D eigenvalue weighted by molar-refractivity contribution is -0.119. The second-order valence-corrected chi connectivity index (χ2v) is 6.67. The number of ketones is 1. The summed E-state index contributed by atoms with van der Waals surface area (Å²) in [6.45, 7) is 1.34. The number of carbonyl (C=O) groups excluding carboxylic acids is 2. The van der Waals surface area contributed by atoms with E-state index in [2.05, 4.69) is 4.72 Å². The van der Waals surface area contributed by atoms with Gasteiger partial charge in [-0.2, -0.15) is 4.72 Å². The fraction of sp³-hybridized carbons (Fsp3) is 0.125. The third-order valence-electron chi connectivity index (χ3n) is 3.24. The summed E-state index contributed by atoms with van der Waals surface area (Å²) >= 11 is 0. The monoisotopic (exact) mass is 332 g/mol. The third kappa shape index (κ3) is 4.02. The molecule has 0 fully saturated rings. The number of primary amides is 1. The molecule has 0 saturated heterocycles. The van der Waals surface area contributed by atoms with E-state index < -0.39 is 22.0 Å². The first-order chi connectivity index (χ1) is 10.8. The Bertz CT molecular complexity index is 832. The number of nitrogens with one attached hydrogen (secondary N) is 1. The predicted octanol–water partition coefficient (Wildman–Crippen LogP) is 1.39. The minimum absolute atomic E-state index is 0.104. The van der Waals surface area contributed by atoms with E-state index in [0.717, 1.165) is 0 Å². The molecule has 0 aliphatic carbocycles. The van der Waals surface area contributed by atoms with Crippen LogP contribution in [0.15, 0.2) is 59.5 Å². The normalized spacial score (nSPS) is 12.6. The molecule has 7 heteroatoms. The van der Waals surface area contributed by atoms with Crippen LogP contribution in [-0.4, -0.2) is 20.1 Å². The van der Waals surface area contributed by atoms with Crippen molar-refractivity contribution in [2.75, 3.05) is 0 Å². The molecule has 0 aromatic heterocycles. The second-order valence-electron chi connectivity index (χ2n) is 4.95. The molecule has 23 heavy (non-hydrogen) atoms. The Morgan fingerprint density at radius 1 is 1.04 bits per heavy atom. The summed E-state index contributed by atoms with van der Waals surface area (Å²) in [5.41, 5.74) is 6.02. The molecular weight excluding hydrogens is 316 g/mol. The molecule has 0 saturated carbocycles. The Kier molecular flexibility index (Phi) is 4.92. The van der Waals surface area contributed by atoms with Gasteiger partial charge in [0.15, 0.2) is 5.78 Å². The van der Waals surface area contributed by atoms with Crippen LogP contribution in [0, 0.1) is 0 Å². The lowest BCUT2D eigenvalue weighted by Gasteiger charge is -2.16. The van der Waals surface area contributed by atoms with E-state index in [4.69, 9.17) is 5.73 Å². The number of hydrogen-bond donors (Lipinski definition) is 2. The van der Waals surface area contributed by atoms with Gasteiger partial charge in [0, 0.05) is 5.56 Å². The van der Waals surface area contributed by atoms with Gasteiger partial charge >= 0.3 is 0 Å². The van der Waals surface area contributed by atoms with Crippen LogP contribution >= 0.6 is 0 Å². The summed E-state index contributed by atoms with van der Waals surface area (Å²) in [6, 6.07) is 12.7. The highest BCUT2D eigenvalue weighted by Gasteiger charge is 2.25. The largest absolute Gasteiger partial charge is 0.368 e. The second kappa shape index (κ2) is 6.72. The Balaban J connectivity index is 2.37. The van der Waals surface area contributed by atoms with Gasteiger partial charge in [-0.15, -0.1) is 0 Å². The van der Waals surface area contributed by atoms with Gasteiger partial charge in [0.1, 0.15) is 6.04 Å². The minimum Gasteiger partial charge on any atom is -0.368 e. The van der Waals surface area contributed by atoms with Crippen LogP contribution in [-0.2, 0) is 14.8 Å². The van der Waals surface area contributed by atoms with Crippen molar-refractivity contribution in [2.24, 2.45) is 5.73 Å². The van der Waals surface area contributed by atoms with E-state index in [9.17, 15) is 18.0 Å². The highest BCUT2D eigenvalue weighted by atomic mass is 32.2. The quantitative estimate of drug-likeness (QED) is 0.780. The maximum Gasteiger partial charge on any atom is 0.241 e. The third-order valence-corrected chi connectivity index (χ3v) is 4.66. The highest BCUT2D eigenvalue weighted by Crippen LogP contribution is 2.18. The number of carbonyl (C=O) groups is 2. The molecule has 2 rings (SSSR count). The fourth-order valence-corrected chi connectivity index (χ4v) is 3.28. The summed E-state index contributed by atoms with van der Waals surface area (Å²) in [5.74, 6) is -1.07. The van der Waals surface area contributed by atoms with Gasteiger partial charge in [-0.05, 0) is 24.6 Å². The van der Waals surface area contributed by atoms with E-state index in [1.807, 2.05) is 0 Å². The van der Waals surface area contributed by atoms with Crippen molar-refractivity contribution < 1.29 is 18.0 Å². The van der Waals surface area contributed by atoms with Gasteiger partial charge < -0.3 is 5.73 Å². The zero-order valence-electron chi connectivity index (χ0n) is 12.4. The molecule has 0 aliphatic rings. The molecule has 1 amide bonds. The zero-order valence-corrected chi connectivity index (χ0v) is 13.2. The van der Waals surface area contributed by atoms with Gasteiger partial charge in [-0.1, -0.05) is 42.5 Å². The van der Waals surface area contributed by atoms with Gasteiger partial charge in [0.2, 0.25) is 15.9 Å². The molecule has 1 atom stereocenters. The average Bonchev–Trinajstić information content (AvgIpc) is 2.53. The number of amides is 1.